The first kappa shape index (κ1) is 20.8. The Bertz CT molecular complexity index is 368. The normalized spacial score (nSPS) is 19.0. The summed E-state index contributed by atoms with van der Waals surface area (Å²) in [5.41, 5.74) is 0. The van der Waals surface area contributed by atoms with Crippen molar-refractivity contribution in [1.82, 2.24) is 15.1 Å². The number of hydrogen-bond acceptors (Lipinski definition) is 2. The molecule has 1 aliphatic heterocycles. The van der Waals surface area contributed by atoms with E-state index >= 15 is 0 Å². The standard InChI is InChI=1S/C12H20ClF3N4.HI/c1-9(13)8-18-11(17-3)20-6-4-19(5-7-20)10(2)12(14,15)16;/h10H,1,4-8H2,2-3H3,(H,17,18);1H. The van der Waals surface area contributed by atoms with Crippen LogP contribution >= 0.6 is 35.6 Å². The van der Waals surface area contributed by atoms with E-state index in [1.54, 1.807) is 7.05 Å². The maximum atomic E-state index is 12.6. The molecule has 1 rings (SSSR count). The first-order valence-electron chi connectivity index (χ1n) is 6.35. The fourth-order valence-corrected chi connectivity index (χ4v) is 2.10. The van der Waals surface area contributed by atoms with Gasteiger partial charge in [-0.15, -0.1) is 24.0 Å². The van der Waals surface area contributed by atoms with Gasteiger partial charge in [0.1, 0.15) is 6.04 Å². The lowest BCUT2D eigenvalue weighted by Gasteiger charge is -2.39. The van der Waals surface area contributed by atoms with Crippen molar-refractivity contribution < 1.29 is 13.2 Å². The molecule has 1 atom stereocenters. The Kier molecular flexibility index (Phi) is 8.94. The number of nitrogens with one attached hydrogen (secondary N) is 1. The van der Waals surface area contributed by atoms with Crippen molar-refractivity contribution in [2.24, 2.45) is 4.99 Å². The molecule has 0 amide bonds. The topological polar surface area (TPSA) is 30.9 Å². The van der Waals surface area contributed by atoms with Crippen LogP contribution in [-0.4, -0.2) is 67.7 Å². The number of halogens is 5. The Morgan fingerprint density at radius 3 is 2.24 bits per heavy atom. The van der Waals surface area contributed by atoms with Crippen LogP contribution in [0.4, 0.5) is 13.2 Å². The number of alkyl halides is 3. The van der Waals surface area contributed by atoms with Crippen LogP contribution in [0, 0.1) is 0 Å². The fraction of sp³-hybridized carbons (Fsp3) is 0.750. The van der Waals surface area contributed by atoms with Crippen molar-refractivity contribution in [2.45, 2.75) is 19.1 Å². The van der Waals surface area contributed by atoms with Gasteiger partial charge in [0.15, 0.2) is 5.96 Å². The molecule has 0 aromatic carbocycles. The van der Waals surface area contributed by atoms with Gasteiger partial charge < -0.3 is 10.2 Å². The van der Waals surface area contributed by atoms with E-state index in [2.05, 4.69) is 16.9 Å². The zero-order chi connectivity index (χ0) is 15.3. The van der Waals surface area contributed by atoms with Gasteiger partial charge in [0, 0.05) is 38.3 Å². The molecule has 1 aliphatic rings. The summed E-state index contributed by atoms with van der Waals surface area (Å²) in [6.07, 6.45) is -4.18. The Balaban J connectivity index is 0.00000400. The molecule has 0 aromatic rings. The van der Waals surface area contributed by atoms with Gasteiger partial charge in [0.2, 0.25) is 0 Å². The second-order valence-corrected chi connectivity index (χ2v) is 5.19. The fourth-order valence-electron chi connectivity index (χ4n) is 2.04. The summed E-state index contributed by atoms with van der Waals surface area (Å²) in [6.45, 7) is 6.83. The minimum Gasteiger partial charge on any atom is -0.351 e. The molecule has 1 unspecified atom stereocenters. The van der Waals surface area contributed by atoms with Crippen molar-refractivity contribution in [2.75, 3.05) is 39.8 Å². The van der Waals surface area contributed by atoms with E-state index in [1.807, 2.05) is 4.90 Å². The zero-order valence-corrected chi connectivity index (χ0v) is 15.2. The number of piperazine rings is 1. The van der Waals surface area contributed by atoms with E-state index in [0.29, 0.717) is 43.7 Å². The predicted molar refractivity (Wildman–Crippen MR) is 90.4 cm³/mol. The molecule has 0 aliphatic carbocycles. The van der Waals surface area contributed by atoms with E-state index in [9.17, 15) is 13.2 Å². The Morgan fingerprint density at radius 2 is 1.86 bits per heavy atom. The molecule has 4 nitrogen and oxygen atoms in total. The van der Waals surface area contributed by atoms with Crippen LogP contribution in [0.15, 0.2) is 16.6 Å². The summed E-state index contributed by atoms with van der Waals surface area (Å²) < 4.78 is 37.9. The SMILES string of the molecule is C=C(Cl)CNC(=NC)N1CCN(C(C)C(F)(F)F)CC1.I. The minimum absolute atomic E-state index is 0. The van der Waals surface area contributed by atoms with Crippen molar-refractivity contribution in [3.63, 3.8) is 0 Å². The summed E-state index contributed by atoms with van der Waals surface area (Å²) in [4.78, 5) is 7.44. The first-order valence-corrected chi connectivity index (χ1v) is 6.73. The van der Waals surface area contributed by atoms with Crippen LogP contribution in [-0.2, 0) is 0 Å². The van der Waals surface area contributed by atoms with Crippen molar-refractivity contribution in [1.29, 1.82) is 0 Å². The highest BCUT2D eigenvalue weighted by molar-refractivity contribution is 14.0. The smallest absolute Gasteiger partial charge is 0.351 e. The summed E-state index contributed by atoms with van der Waals surface area (Å²) in [7, 11) is 1.63. The summed E-state index contributed by atoms with van der Waals surface area (Å²) >= 11 is 5.67. The largest absolute Gasteiger partial charge is 0.403 e. The molecule has 9 heteroatoms. The van der Waals surface area contributed by atoms with Crippen molar-refractivity contribution >= 4 is 41.5 Å². The molecule has 1 fully saturated rings. The first-order chi connectivity index (χ1) is 9.25. The van der Waals surface area contributed by atoms with E-state index < -0.39 is 12.2 Å². The molecule has 0 spiro atoms. The third kappa shape index (κ3) is 6.60. The number of nitrogens with zero attached hydrogens (tertiary/aromatic N) is 3. The Morgan fingerprint density at radius 1 is 1.33 bits per heavy atom. The van der Waals surface area contributed by atoms with Gasteiger partial charge in [-0.05, 0) is 6.92 Å². The van der Waals surface area contributed by atoms with E-state index in [-0.39, 0.29) is 24.0 Å². The van der Waals surface area contributed by atoms with Gasteiger partial charge >= 0.3 is 6.18 Å². The number of rotatable bonds is 3. The molecule has 0 radical (unpaired) electrons. The molecule has 0 saturated carbocycles. The number of aliphatic imine (C=N–C) groups is 1. The maximum absolute atomic E-state index is 12.6. The van der Waals surface area contributed by atoms with E-state index in [0.717, 1.165) is 0 Å². The molecule has 0 bridgehead atoms. The third-order valence-corrected chi connectivity index (χ3v) is 3.42. The molecule has 0 aromatic heterocycles. The summed E-state index contributed by atoms with van der Waals surface area (Å²) in [5.74, 6) is 0.631. The highest BCUT2D eigenvalue weighted by atomic mass is 127. The van der Waals surface area contributed by atoms with Gasteiger partial charge in [-0.1, -0.05) is 18.2 Å². The van der Waals surface area contributed by atoms with Crippen molar-refractivity contribution in [3.05, 3.63) is 11.6 Å². The molecular weight excluding hydrogens is 420 g/mol. The lowest BCUT2D eigenvalue weighted by Crippen LogP contribution is -2.56. The minimum atomic E-state index is -4.18. The predicted octanol–water partition coefficient (Wildman–Crippen LogP) is 2.50. The van der Waals surface area contributed by atoms with Gasteiger partial charge in [-0.3, -0.25) is 9.89 Å². The monoisotopic (exact) mass is 440 g/mol. The van der Waals surface area contributed by atoms with Gasteiger partial charge in [-0.2, -0.15) is 13.2 Å². The molecule has 21 heavy (non-hydrogen) atoms. The van der Waals surface area contributed by atoms with Crippen LogP contribution in [0.1, 0.15) is 6.92 Å². The quantitative estimate of drug-likeness (QED) is 0.416. The highest BCUT2D eigenvalue weighted by Gasteiger charge is 2.40. The Labute approximate surface area is 145 Å². The van der Waals surface area contributed by atoms with Crippen molar-refractivity contribution in [3.8, 4) is 0 Å². The average Bonchev–Trinajstić information content (AvgIpc) is 2.38. The maximum Gasteiger partial charge on any atom is 0.403 e. The van der Waals surface area contributed by atoms with Crippen LogP contribution in [0.5, 0.6) is 0 Å². The molecule has 124 valence electrons. The number of guanidine groups is 1. The van der Waals surface area contributed by atoms with Crippen LogP contribution in [0.2, 0.25) is 0 Å². The van der Waals surface area contributed by atoms with Gasteiger partial charge in [-0.25, -0.2) is 0 Å². The highest BCUT2D eigenvalue weighted by Crippen LogP contribution is 2.25. The average molecular weight is 441 g/mol. The summed E-state index contributed by atoms with van der Waals surface area (Å²) in [6, 6.07) is -1.41. The second kappa shape index (κ2) is 9.04. The molecule has 1 N–H and O–H groups in total. The molecule has 1 saturated heterocycles. The van der Waals surface area contributed by atoms with E-state index in [1.165, 1.54) is 11.8 Å². The summed E-state index contributed by atoms with van der Waals surface area (Å²) in [5, 5.41) is 3.47. The number of hydrogen-bond donors (Lipinski definition) is 1. The Hall–Kier alpha value is -0.220. The molecular formula is C12H21ClF3IN4. The third-order valence-electron chi connectivity index (χ3n) is 3.29. The second-order valence-electron chi connectivity index (χ2n) is 4.66. The lowest BCUT2D eigenvalue weighted by atomic mass is 10.2. The van der Waals surface area contributed by atoms with E-state index in [4.69, 9.17) is 11.6 Å². The van der Waals surface area contributed by atoms with Crippen LogP contribution < -0.4 is 5.32 Å². The lowest BCUT2D eigenvalue weighted by molar-refractivity contribution is -0.181. The van der Waals surface area contributed by atoms with Gasteiger partial charge in [0.25, 0.3) is 0 Å². The zero-order valence-electron chi connectivity index (χ0n) is 12.1. The van der Waals surface area contributed by atoms with Crippen LogP contribution in [0.3, 0.4) is 0 Å². The van der Waals surface area contributed by atoms with Crippen LogP contribution in [0.25, 0.3) is 0 Å². The van der Waals surface area contributed by atoms with Gasteiger partial charge in [0.05, 0.1) is 6.54 Å². The molecule has 1 heterocycles.